The summed E-state index contributed by atoms with van der Waals surface area (Å²) in [5, 5.41) is 12.9. The summed E-state index contributed by atoms with van der Waals surface area (Å²) in [5.41, 5.74) is 1.54. The van der Waals surface area contributed by atoms with Crippen molar-refractivity contribution in [1.82, 2.24) is 19.8 Å². The molecule has 6 heteroatoms. The third-order valence-electron chi connectivity index (χ3n) is 4.57. The Hall–Kier alpha value is -2.34. The molecule has 1 atom stereocenters. The molecule has 2 N–H and O–H groups in total. The van der Waals surface area contributed by atoms with Gasteiger partial charge in [-0.3, -0.25) is 0 Å². The number of aromatic nitrogens is 2. The molecule has 1 fully saturated rings. The molecule has 6 nitrogen and oxygen atoms in total. The molecule has 0 saturated carbocycles. The number of urea groups is 1. The summed E-state index contributed by atoms with van der Waals surface area (Å²) in [7, 11) is 0. The minimum Gasteiger partial charge on any atom is -0.391 e. The van der Waals surface area contributed by atoms with Crippen LogP contribution in [0.2, 0.25) is 0 Å². The van der Waals surface area contributed by atoms with Crippen LogP contribution in [0.5, 0.6) is 0 Å². The summed E-state index contributed by atoms with van der Waals surface area (Å²) in [6.45, 7) is 4.83. The predicted molar refractivity (Wildman–Crippen MR) is 87.2 cm³/mol. The Morgan fingerprint density at radius 3 is 2.70 bits per heavy atom. The lowest BCUT2D eigenvalue weighted by atomic mass is 9.99. The second kappa shape index (κ2) is 6.04. The molecule has 2 aromatic rings. The first-order valence-electron chi connectivity index (χ1n) is 7.79. The van der Waals surface area contributed by atoms with Crippen LogP contribution in [0.3, 0.4) is 0 Å². The number of nitrogens with zero attached hydrogens (tertiary/aromatic N) is 3. The fourth-order valence-corrected chi connectivity index (χ4v) is 2.91. The Labute approximate surface area is 135 Å². The number of likely N-dealkylation sites (tertiary alicyclic amines) is 1. The Balaban J connectivity index is 1.59. The number of rotatable bonds is 3. The van der Waals surface area contributed by atoms with E-state index in [4.69, 9.17) is 0 Å². The van der Waals surface area contributed by atoms with Crippen LogP contribution < -0.4 is 5.32 Å². The highest BCUT2D eigenvalue weighted by molar-refractivity contribution is 5.75. The van der Waals surface area contributed by atoms with Gasteiger partial charge in [0, 0.05) is 31.2 Å². The molecular weight excluding hydrogens is 292 g/mol. The van der Waals surface area contributed by atoms with Gasteiger partial charge in [-0.05, 0) is 38.0 Å². The Bertz CT molecular complexity index is 664. The Kier molecular flexibility index (Phi) is 4.09. The summed E-state index contributed by atoms with van der Waals surface area (Å²) >= 11 is 0. The molecule has 1 saturated heterocycles. The van der Waals surface area contributed by atoms with Crippen LogP contribution in [0.4, 0.5) is 4.79 Å². The number of hydrogen-bond acceptors (Lipinski definition) is 3. The molecule has 1 aliphatic rings. The van der Waals surface area contributed by atoms with E-state index in [1.807, 2.05) is 48.9 Å². The molecule has 23 heavy (non-hydrogen) atoms. The van der Waals surface area contributed by atoms with Crippen molar-refractivity contribution in [3.63, 3.8) is 0 Å². The van der Waals surface area contributed by atoms with E-state index in [0.717, 1.165) is 11.3 Å². The standard InChI is InChI=1S/C17H22N4O2/c1-17(2)15(22)7-9-21(17)16(23)19-11-13-3-5-14(6-4-13)20-10-8-18-12-20/h3-6,8,10,12,15,22H,7,9,11H2,1-2H3,(H,19,23). The van der Waals surface area contributed by atoms with Gasteiger partial charge < -0.3 is 19.9 Å². The third-order valence-corrected chi connectivity index (χ3v) is 4.57. The number of nitrogens with one attached hydrogen (secondary N) is 1. The first kappa shape index (κ1) is 15.6. The normalized spacial score (nSPS) is 19.8. The zero-order chi connectivity index (χ0) is 16.4. The van der Waals surface area contributed by atoms with Crippen molar-refractivity contribution in [2.24, 2.45) is 0 Å². The van der Waals surface area contributed by atoms with E-state index in [2.05, 4.69) is 10.3 Å². The number of carbonyl (C=O) groups excluding carboxylic acids is 1. The number of hydrogen-bond donors (Lipinski definition) is 2. The highest BCUT2D eigenvalue weighted by Crippen LogP contribution is 2.28. The van der Waals surface area contributed by atoms with Crippen molar-refractivity contribution >= 4 is 6.03 Å². The van der Waals surface area contributed by atoms with Crippen LogP contribution >= 0.6 is 0 Å². The summed E-state index contributed by atoms with van der Waals surface area (Å²) < 4.78 is 1.93. The molecule has 1 aromatic carbocycles. The summed E-state index contributed by atoms with van der Waals surface area (Å²) in [6, 6.07) is 7.82. The monoisotopic (exact) mass is 314 g/mol. The van der Waals surface area contributed by atoms with Gasteiger partial charge in [-0.2, -0.15) is 0 Å². The Morgan fingerprint density at radius 1 is 1.39 bits per heavy atom. The number of amides is 2. The summed E-state index contributed by atoms with van der Waals surface area (Å²) in [6.07, 6.45) is 5.53. The number of aliphatic hydroxyl groups is 1. The van der Waals surface area contributed by atoms with Gasteiger partial charge in [0.2, 0.25) is 0 Å². The molecule has 2 amide bonds. The highest BCUT2D eigenvalue weighted by atomic mass is 16.3. The Morgan fingerprint density at radius 2 is 2.13 bits per heavy atom. The maximum atomic E-state index is 12.3. The average molecular weight is 314 g/mol. The minimum atomic E-state index is -0.518. The second-order valence-corrected chi connectivity index (χ2v) is 6.40. The molecule has 1 aliphatic heterocycles. The van der Waals surface area contributed by atoms with Gasteiger partial charge in [-0.1, -0.05) is 12.1 Å². The topological polar surface area (TPSA) is 70.4 Å². The van der Waals surface area contributed by atoms with Crippen LogP contribution in [-0.2, 0) is 6.54 Å². The zero-order valence-corrected chi connectivity index (χ0v) is 13.4. The lowest BCUT2D eigenvalue weighted by Gasteiger charge is -2.33. The van der Waals surface area contributed by atoms with Crippen molar-refractivity contribution in [2.45, 2.75) is 38.5 Å². The molecule has 1 unspecified atom stereocenters. The first-order chi connectivity index (χ1) is 11.0. The molecular formula is C17H22N4O2. The molecule has 0 bridgehead atoms. The van der Waals surface area contributed by atoms with Gasteiger partial charge in [-0.15, -0.1) is 0 Å². The summed E-state index contributed by atoms with van der Waals surface area (Å²) in [5.74, 6) is 0. The van der Waals surface area contributed by atoms with Crippen molar-refractivity contribution < 1.29 is 9.90 Å². The van der Waals surface area contributed by atoms with E-state index in [9.17, 15) is 9.90 Å². The van der Waals surface area contributed by atoms with Crippen LogP contribution in [0.25, 0.3) is 5.69 Å². The number of benzene rings is 1. The fraction of sp³-hybridized carbons (Fsp3) is 0.412. The van der Waals surface area contributed by atoms with Crippen molar-refractivity contribution in [2.75, 3.05) is 6.54 Å². The van der Waals surface area contributed by atoms with E-state index in [-0.39, 0.29) is 6.03 Å². The predicted octanol–water partition coefficient (Wildman–Crippen LogP) is 1.93. The molecule has 122 valence electrons. The molecule has 0 aliphatic carbocycles. The third kappa shape index (κ3) is 3.07. The lowest BCUT2D eigenvalue weighted by molar-refractivity contribution is 0.0696. The largest absolute Gasteiger partial charge is 0.391 e. The first-order valence-corrected chi connectivity index (χ1v) is 7.79. The SMILES string of the molecule is CC1(C)C(O)CCN1C(=O)NCc1ccc(-n2ccnc2)cc1. The van der Waals surface area contributed by atoms with E-state index in [1.165, 1.54) is 0 Å². The molecule has 3 rings (SSSR count). The number of carbonyl (C=O) groups is 1. The summed E-state index contributed by atoms with van der Waals surface area (Å²) in [4.78, 5) is 18.1. The zero-order valence-electron chi connectivity index (χ0n) is 13.4. The van der Waals surface area contributed by atoms with Crippen LogP contribution in [0.15, 0.2) is 43.0 Å². The maximum Gasteiger partial charge on any atom is 0.318 e. The molecule has 2 heterocycles. The van der Waals surface area contributed by atoms with Crippen molar-refractivity contribution in [3.8, 4) is 5.69 Å². The fourth-order valence-electron chi connectivity index (χ4n) is 2.91. The van der Waals surface area contributed by atoms with Crippen molar-refractivity contribution in [3.05, 3.63) is 48.5 Å². The average Bonchev–Trinajstić information content (AvgIpc) is 3.15. The quantitative estimate of drug-likeness (QED) is 0.909. The smallest absolute Gasteiger partial charge is 0.318 e. The van der Waals surface area contributed by atoms with Crippen LogP contribution in [-0.4, -0.2) is 43.8 Å². The molecule has 0 radical (unpaired) electrons. The van der Waals surface area contributed by atoms with Crippen molar-refractivity contribution in [1.29, 1.82) is 0 Å². The van der Waals surface area contributed by atoms with Gasteiger partial charge in [0.05, 0.1) is 18.0 Å². The highest BCUT2D eigenvalue weighted by Gasteiger charge is 2.42. The number of aliphatic hydroxyl groups excluding tert-OH is 1. The van der Waals surface area contributed by atoms with E-state index < -0.39 is 11.6 Å². The maximum absolute atomic E-state index is 12.3. The van der Waals surface area contributed by atoms with Crippen LogP contribution in [0, 0.1) is 0 Å². The lowest BCUT2D eigenvalue weighted by Crippen LogP contribution is -2.51. The minimum absolute atomic E-state index is 0.134. The van der Waals surface area contributed by atoms with Gasteiger partial charge in [0.1, 0.15) is 0 Å². The van der Waals surface area contributed by atoms with Gasteiger partial charge in [0.25, 0.3) is 0 Å². The van der Waals surface area contributed by atoms with Gasteiger partial charge in [0.15, 0.2) is 0 Å². The molecule has 0 spiro atoms. The second-order valence-electron chi connectivity index (χ2n) is 6.40. The van der Waals surface area contributed by atoms with Gasteiger partial charge in [-0.25, -0.2) is 9.78 Å². The van der Waals surface area contributed by atoms with Crippen LogP contribution in [0.1, 0.15) is 25.8 Å². The number of imidazole rings is 1. The molecule has 1 aromatic heterocycles. The van der Waals surface area contributed by atoms with Gasteiger partial charge >= 0.3 is 6.03 Å². The van der Waals surface area contributed by atoms with E-state index in [0.29, 0.717) is 19.5 Å². The van der Waals surface area contributed by atoms with E-state index in [1.54, 1.807) is 17.4 Å². The van der Waals surface area contributed by atoms with E-state index >= 15 is 0 Å².